The number of anilines is 1. The van der Waals surface area contributed by atoms with Crippen LogP contribution in [0.25, 0.3) is 0 Å². The number of rotatable bonds is 2. The Bertz CT molecular complexity index is 755. The third-order valence-corrected chi connectivity index (χ3v) is 4.53. The molecule has 0 radical (unpaired) electrons. The Kier molecular flexibility index (Phi) is 5.91. The number of aryl methyl sites for hydroxylation is 1. The maximum atomic E-state index is 12.2. The van der Waals surface area contributed by atoms with Crippen molar-refractivity contribution in [2.75, 3.05) is 5.32 Å². The van der Waals surface area contributed by atoms with Gasteiger partial charge in [-0.15, -0.1) is 0 Å². The molecule has 0 fully saturated rings. The molecule has 1 aromatic carbocycles. The van der Waals surface area contributed by atoms with Crippen LogP contribution < -0.4 is 10.6 Å². The van der Waals surface area contributed by atoms with Crippen molar-refractivity contribution >= 4 is 72.5 Å². The normalized spacial score (nSPS) is 10.2. The average Bonchev–Trinajstić information content (AvgIpc) is 2.45. The molecular formula is C14H10Br2ClN3OS. The van der Waals surface area contributed by atoms with E-state index in [1.807, 2.05) is 13.0 Å². The third kappa shape index (κ3) is 4.49. The van der Waals surface area contributed by atoms with Crippen LogP contribution in [-0.2, 0) is 0 Å². The monoisotopic (exact) mass is 461 g/mol. The molecule has 0 atom stereocenters. The van der Waals surface area contributed by atoms with E-state index >= 15 is 0 Å². The Morgan fingerprint density at radius 1 is 1.27 bits per heavy atom. The van der Waals surface area contributed by atoms with Crippen LogP contribution in [0, 0.1) is 6.92 Å². The summed E-state index contributed by atoms with van der Waals surface area (Å²) in [6, 6.07) is 8.62. The molecule has 0 saturated carbocycles. The number of nitrogens with one attached hydrogen (secondary N) is 2. The van der Waals surface area contributed by atoms with E-state index in [2.05, 4.69) is 47.5 Å². The highest BCUT2D eigenvalue weighted by Crippen LogP contribution is 2.21. The van der Waals surface area contributed by atoms with Crippen molar-refractivity contribution < 1.29 is 4.79 Å². The molecule has 0 aliphatic rings. The second-order valence-electron chi connectivity index (χ2n) is 4.30. The van der Waals surface area contributed by atoms with Crippen molar-refractivity contribution in [3.8, 4) is 0 Å². The fraction of sp³-hybridized carbons (Fsp3) is 0.0714. The van der Waals surface area contributed by atoms with Crippen LogP contribution in [-0.4, -0.2) is 16.0 Å². The maximum Gasteiger partial charge on any atom is 0.258 e. The van der Waals surface area contributed by atoms with Crippen molar-refractivity contribution in [3.05, 3.63) is 55.6 Å². The number of carbonyl (C=O) groups excluding carboxylic acids is 1. The van der Waals surface area contributed by atoms with E-state index in [0.29, 0.717) is 16.4 Å². The molecule has 4 nitrogen and oxygen atoms in total. The number of halogens is 3. The summed E-state index contributed by atoms with van der Waals surface area (Å²) >= 11 is 17.8. The number of thiocarbonyl (C=S) groups is 1. The van der Waals surface area contributed by atoms with Gasteiger partial charge in [-0.05, 0) is 65.4 Å². The van der Waals surface area contributed by atoms with E-state index in [1.165, 1.54) is 0 Å². The standard InChI is InChI=1S/C14H10Br2ClN3OS/c1-7-10(16)3-5-12(18-7)19-14(22)20-13(21)9-6-8(15)2-4-11(9)17/h2-6H,1H3,(H2,18,19,20,21,22). The Morgan fingerprint density at radius 2 is 2.00 bits per heavy atom. The fourth-order valence-corrected chi connectivity index (χ4v) is 2.59. The van der Waals surface area contributed by atoms with Crippen LogP contribution in [0.1, 0.15) is 16.1 Å². The number of benzene rings is 1. The summed E-state index contributed by atoms with van der Waals surface area (Å²) in [6.07, 6.45) is 0. The summed E-state index contributed by atoms with van der Waals surface area (Å²) < 4.78 is 1.65. The molecule has 0 bridgehead atoms. The molecule has 0 spiro atoms. The van der Waals surface area contributed by atoms with Crippen LogP contribution in [0.15, 0.2) is 39.3 Å². The lowest BCUT2D eigenvalue weighted by atomic mass is 10.2. The highest BCUT2D eigenvalue weighted by atomic mass is 79.9. The molecule has 22 heavy (non-hydrogen) atoms. The topological polar surface area (TPSA) is 54.0 Å². The molecule has 1 aromatic heterocycles. The van der Waals surface area contributed by atoms with E-state index in [4.69, 9.17) is 23.8 Å². The lowest BCUT2D eigenvalue weighted by Gasteiger charge is -2.10. The van der Waals surface area contributed by atoms with Crippen molar-refractivity contribution in [1.82, 2.24) is 10.3 Å². The van der Waals surface area contributed by atoms with Crippen LogP contribution in [0.3, 0.4) is 0 Å². The Morgan fingerprint density at radius 3 is 2.68 bits per heavy atom. The summed E-state index contributed by atoms with van der Waals surface area (Å²) in [4.78, 5) is 16.5. The van der Waals surface area contributed by atoms with Crippen LogP contribution in [0.5, 0.6) is 0 Å². The van der Waals surface area contributed by atoms with E-state index in [0.717, 1.165) is 14.6 Å². The van der Waals surface area contributed by atoms with Crippen LogP contribution in [0.4, 0.5) is 5.82 Å². The quantitative estimate of drug-likeness (QED) is 0.635. The van der Waals surface area contributed by atoms with Gasteiger partial charge in [0.05, 0.1) is 16.3 Å². The number of nitrogens with zero attached hydrogens (tertiary/aromatic N) is 1. The van der Waals surface area contributed by atoms with Gasteiger partial charge in [0.1, 0.15) is 5.82 Å². The molecule has 114 valence electrons. The first-order valence-electron chi connectivity index (χ1n) is 6.07. The first kappa shape index (κ1) is 17.3. The first-order valence-corrected chi connectivity index (χ1v) is 8.44. The Labute approximate surface area is 154 Å². The van der Waals surface area contributed by atoms with Gasteiger partial charge >= 0.3 is 0 Å². The smallest absolute Gasteiger partial charge is 0.258 e. The van der Waals surface area contributed by atoms with Crippen molar-refractivity contribution in [2.45, 2.75) is 6.92 Å². The van der Waals surface area contributed by atoms with Crippen LogP contribution >= 0.6 is 55.7 Å². The molecular weight excluding hydrogens is 454 g/mol. The lowest BCUT2D eigenvalue weighted by Crippen LogP contribution is -2.34. The molecule has 1 amide bonds. The van der Waals surface area contributed by atoms with Gasteiger partial charge in [0, 0.05) is 8.95 Å². The highest BCUT2D eigenvalue weighted by Gasteiger charge is 2.13. The molecule has 0 aliphatic carbocycles. The molecule has 2 rings (SSSR count). The minimum atomic E-state index is -0.391. The van der Waals surface area contributed by atoms with Gasteiger partial charge in [0.15, 0.2) is 5.11 Å². The zero-order valence-electron chi connectivity index (χ0n) is 11.3. The van der Waals surface area contributed by atoms with Gasteiger partial charge in [-0.1, -0.05) is 27.5 Å². The van der Waals surface area contributed by atoms with Gasteiger partial charge in [0.2, 0.25) is 0 Å². The second-order valence-corrected chi connectivity index (χ2v) is 6.88. The molecule has 8 heteroatoms. The number of pyridine rings is 1. The lowest BCUT2D eigenvalue weighted by molar-refractivity contribution is 0.0978. The molecule has 0 aliphatic heterocycles. The number of hydrogen-bond acceptors (Lipinski definition) is 3. The van der Waals surface area contributed by atoms with Crippen molar-refractivity contribution in [1.29, 1.82) is 0 Å². The Hall–Kier alpha value is -1.02. The summed E-state index contributed by atoms with van der Waals surface area (Å²) in [5, 5.41) is 5.93. The number of hydrogen-bond donors (Lipinski definition) is 2. The minimum Gasteiger partial charge on any atom is -0.317 e. The van der Waals surface area contributed by atoms with Gasteiger partial charge in [-0.3, -0.25) is 10.1 Å². The minimum absolute atomic E-state index is 0.148. The summed E-state index contributed by atoms with van der Waals surface area (Å²) in [6.45, 7) is 1.86. The zero-order chi connectivity index (χ0) is 16.3. The predicted octanol–water partition coefficient (Wildman–Crippen LogP) is 4.70. The molecule has 1 heterocycles. The summed E-state index contributed by atoms with van der Waals surface area (Å²) in [7, 11) is 0. The van der Waals surface area contributed by atoms with Gasteiger partial charge in [0.25, 0.3) is 5.91 Å². The van der Waals surface area contributed by atoms with E-state index in [9.17, 15) is 4.79 Å². The van der Waals surface area contributed by atoms with E-state index in [1.54, 1.807) is 24.3 Å². The molecule has 2 N–H and O–H groups in total. The highest BCUT2D eigenvalue weighted by molar-refractivity contribution is 9.10. The molecule has 0 unspecified atom stereocenters. The molecule has 0 saturated heterocycles. The summed E-state index contributed by atoms with van der Waals surface area (Å²) in [5.41, 5.74) is 1.15. The Balaban J connectivity index is 2.06. The largest absolute Gasteiger partial charge is 0.317 e. The van der Waals surface area contributed by atoms with Gasteiger partial charge < -0.3 is 5.32 Å². The second kappa shape index (κ2) is 7.50. The predicted molar refractivity (Wildman–Crippen MR) is 99.5 cm³/mol. The summed E-state index contributed by atoms with van der Waals surface area (Å²) in [5.74, 6) is 0.156. The number of aromatic nitrogens is 1. The number of carbonyl (C=O) groups is 1. The average molecular weight is 464 g/mol. The van der Waals surface area contributed by atoms with Gasteiger partial charge in [-0.25, -0.2) is 4.98 Å². The van der Waals surface area contributed by atoms with E-state index < -0.39 is 5.91 Å². The van der Waals surface area contributed by atoms with Crippen molar-refractivity contribution in [2.24, 2.45) is 0 Å². The van der Waals surface area contributed by atoms with Gasteiger partial charge in [-0.2, -0.15) is 0 Å². The SMILES string of the molecule is Cc1nc(NC(=S)NC(=O)c2cc(Br)ccc2Cl)ccc1Br. The first-order chi connectivity index (χ1) is 10.4. The fourth-order valence-electron chi connectivity index (χ4n) is 1.60. The van der Waals surface area contributed by atoms with Crippen LogP contribution in [0.2, 0.25) is 5.02 Å². The van der Waals surface area contributed by atoms with E-state index in [-0.39, 0.29) is 5.11 Å². The van der Waals surface area contributed by atoms with Crippen molar-refractivity contribution in [3.63, 3.8) is 0 Å². The third-order valence-electron chi connectivity index (χ3n) is 2.66. The maximum absolute atomic E-state index is 12.2. The molecule has 2 aromatic rings. The zero-order valence-corrected chi connectivity index (χ0v) is 16.0. The number of amides is 1.